The van der Waals surface area contributed by atoms with E-state index in [0.717, 1.165) is 48.3 Å². The van der Waals surface area contributed by atoms with Gasteiger partial charge < -0.3 is 15.0 Å². The third-order valence-electron chi connectivity index (χ3n) is 6.56. The Bertz CT molecular complexity index is 814. The summed E-state index contributed by atoms with van der Waals surface area (Å²) in [5.41, 5.74) is 8.80. The molecule has 4 nitrogen and oxygen atoms in total. The summed E-state index contributed by atoms with van der Waals surface area (Å²) in [7, 11) is 0. The fourth-order valence-electron chi connectivity index (χ4n) is 4.90. The molecule has 3 aliphatic rings. The Labute approximate surface area is 169 Å². The lowest BCUT2D eigenvalue weighted by molar-refractivity contribution is -0.00648. The van der Waals surface area contributed by atoms with Crippen molar-refractivity contribution in [2.24, 2.45) is 17.6 Å². The monoisotopic (exact) mass is 406 g/mol. The van der Waals surface area contributed by atoms with Crippen LogP contribution in [-0.2, 0) is 11.3 Å². The molecule has 5 rings (SSSR count). The maximum Gasteiger partial charge on any atom is 0.145 e. The van der Waals surface area contributed by atoms with Crippen molar-refractivity contribution in [1.29, 1.82) is 0 Å². The van der Waals surface area contributed by atoms with Gasteiger partial charge in [0.2, 0.25) is 0 Å². The number of hydrogen-bond acceptors (Lipinski definition) is 4. The van der Waals surface area contributed by atoms with Crippen LogP contribution in [0.4, 0.5) is 0 Å². The van der Waals surface area contributed by atoms with Gasteiger partial charge in [0.15, 0.2) is 0 Å². The molecule has 1 aromatic heterocycles. The van der Waals surface area contributed by atoms with Crippen LogP contribution in [0.25, 0.3) is 11.3 Å². The summed E-state index contributed by atoms with van der Waals surface area (Å²) in [5, 5.41) is 5.51. The van der Waals surface area contributed by atoms with Gasteiger partial charge in [0, 0.05) is 23.1 Å². The molecule has 1 aromatic carbocycles. The van der Waals surface area contributed by atoms with Crippen molar-refractivity contribution in [3.8, 4) is 11.3 Å². The zero-order valence-electron chi connectivity index (χ0n) is 15.2. The predicted octanol–water partition coefficient (Wildman–Crippen LogP) is 5.56. The van der Waals surface area contributed by atoms with Gasteiger partial charge in [0.05, 0.1) is 22.8 Å². The van der Waals surface area contributed by atoms with E-state index >= 15 is 0 Å². The number of aromatic nitrogens is 1. The molecule has 0 spiro atoms. The molecule has 2 N–H and O–H groups in total. The average molecular weight is 407 g/mol. The van der Waals surface area contributed by atoms with E-state index in [1.807, 2.05) is 18.2 Å². The largest absolute Gasteiger partial charge is 0.373 e. The highest BCUT2D eigenvalue weighted by Crippen LogP contribution is 2.47. The molecular formula is C21H24Cl2N2O2. The maximum absolute atomic E-state index is 6.43. The average Bonchev–Trinajstić information content (AvgIpc) is 3.38. The second-order valence-corrected chi connectivity index (χ2v) is 9.14. The number of benzene rings is 1. The van der Waals surface area contributed by atoms with Crippen LogP contribution in [0.2, 0.25) is 10.0 Å². The van der Waals surface area contributed by atoms with Crippen LogP contribution in [0.15, 0.2) is 22.7 Å². The highest BCUT2D eigenvalue weighted by molar-refractivity contribution is 6.39. The summed E-state index contributed by atoms with van der Waals surface area (Å²) >= 11 is 12.9. The Balaban J connectivity index is 1.41. The van der Waals surface area contributed by atoms with Gasteiger partial charge in [0.1, 0.15) is 11.5 Å². The SMILES string of the molecule is NC1C2CCC1CC(OCc1c(-c3c(Cl)cccc3Cl)noc1C1CC1)C2. The molecular weight excluding hydrogens is 383 g/mol. The Morgan fingerprint density at radius 3 is 2.37 bits per heavy atom. The normalized spacial score (nSPS) is 30.0. The molecule has 3 fully saturated rings. The number of nitrogens with two attached hydrogens (primary N) is 1. The quantitative estimate of drug-likeness (QED) is 0.705. The molecule has 2 unspecified atom stereocenters. The molecule has 0 saturated heterocycles. The zero-order chi connectivity index (χ0) is 18.5. The molecule has 2 aromatic rings. The van der Waals surface area contributed by atoms with Gasteiger partial charge >= 0.3 is 0 Å². The van der Waals surface area contributed by atoms with Crippen molar-refractivity contribution in [2.45, 2.75) is 63.2 Å². The first-order valence-electron chi connectivity index (χ1n) is 9.91. The van der Waals surface area contributed by atoms with E-state index in [-0.39, 0.29) is 6.10 Å². The van der Waals surface area contributed by atoms with Crippen molar-refractivity contribution in [3.63, 3.8) is 0 Å². The predicted molar refractivity (Wildman–Crippen MR) is 106 cm³/mol. The number of nitrogens with zero attached hydrogens (tertiary/aromatic N) is 1. The van der Waals surface area contributed by atoms with Crippen LogP contribution in [0.1, 0.15) is 55.8 Å². The summed E-state index contributed by atoms with van der Waals surface area (Å²) in [6, 6.07) is 5.87. The Morgan fingerprint density at radius 2 is 1.74 bits per heavy atom. The van der Waals surface area contributed by atoms with Crippen molar-refractivity contribution in [2.75, 3.05) is 0 Å². The first kappa shape index (κ1) is 18.0. The van der Waals surface area contributed by atoms with E-state index in [2.05, 4.69) is 5.16 Å². The summed E-state index contributed by atoms with van der Waals surface area (Å²) < 4.78 is 12.1. The van der Waals surface area contributed by atoms with Crippen LogP contribution >= 0.6 is 23.2 Å². The Morgan fingerprint density at radius 1 is 1.07 bits per heavy atom. The number of halogens is 2. The molecule has 1 heterocycles. The van der Waals surface area contributed by atoms with Gasteiger partial charge in [-0.25, -0.2) is 0 Å². The topological polar surface area (TPSA) is 61.3 Å². The molecule has 3 saturated carbocycles. The molecule has 6 heteroatoms. The van der Waals surface area contributed by atoms with E-state index in [0.29, 0.717) is 40.4 Å². The standard InChI is InChI=1S/C21H24Cl2N2O2/c22-16-2-1-3-17(23)18(16)20-15(21(27-25-20)11-4-5-11)10-26-14-8-12-6-7-13(9-14)19(12)24/h1-3,11-14,19H,4-10,24H2. The van der Waals surface area contributed by atoms with Gasteiger partial charge in [-0.05, 0) is 62.5 Å². The van der Waals surface area contributed by atoms with Crippen molar-refractivity contribution < 1.29 is 9.26 Å². The van der Waals surface area contributed by atoms with E-state index < -0.39 is 0 Å². The molecule has 0 aliphatic heterocycles. The van der Waals surface area contributed by atoms with Crippen molar-refractivity contribution in [3.05, 3.63) is 39.6 Å². The lowest BCUT2D eigenvalue weighted by atomic mass is 9.83. The summed E-state index contributed by atoms with van der Waals surface area (Å²) in [4.78, 5) is 0. The first-order chi connectivity index (χ1) is 13.1. The van der Waals surface area contributed by atoms with Gasteiger partial charge in [-0.1, -0.05) is 34.4 Å². The molecule has 2 bridgehead atoms. The highest BCUT2D eigenvalue weighted by atomic mass is 35.5. The summed E-state index contributed by atoms with van der Waals surface area (Å²) in [6.45, 7) is 0.492. The second kappa shape index (κ2) is 7.07. The highest BCUT2D eigenvalue weighted by Gasteiger charge is 2.41. The minimum atomic E-state index is 0.263. The van der Waals surface area contributed by atoms with Crippen LogP contribution in [-0.4, -0.2) is 17.3 Å². The molecule has 144 valence electrons. The Hall–Kier alpha value is -1.07. The fraction of sp³-hybridized carbons (Fsp3) is 0.571. The smallest absolute Gasteiger partial charge is 0.145 e. The van der Waals surface area contributed by atoms with Crippen LogP contribution in [0.3, 0.4) is 0 Å². The Kier molecular flexibility index (Phi) is 4.71. The van der Waals surface area contributed by atoms with Crippen LogP contribution in [0, 0.1) is 11.8 Å². The van der Waals surface area contributed by atoms with Crippen molar-refractivity contribution in [1.82, 2.24) is 5.16 Å². The zero-order valence-corrected chi connectivity index (χ0v) is 16.7. The third kappa shape index (κ3) is 3.31. The van der Waals surface area contributed by atoms with E-state index in [1.54, 1.807) is 0 Å². The minimum absolute atomic E-state index is 0.263. The van der Waals surface area contributed by atoms with Gasteiger partial charge in [0.25, 0.3) is 0 Å². The number of rotatable bonds is 5. The molecule has 2 atom stereocenters. The van der Waals surface area contributed by atoms with E-state index in [9.17, 15) is 0 Å². The van der Waals surface area contributed by atoms with E-state index in [1.165, 1.54) is 12.8 Å². The lowest BCUT2D eigenvalue weighted by Crippen LogP contribution is -2.40. The summed E-state index contributed by atoms with van der Waals surface area (Å²) in [5.74, 6) is 2.60. The van der Waals surface area contributed by atoms with Gasteiger partial charge in [-0.2, -0.15) is 0 Å². The van der Waals surface area contributed by atoms with Crippen LogP contribution in [0.5, 0.6) is 0 Å². The maximum atomic E-state index is 6.43. The third-order valence-corrected chi connectivity index (χ3v) is 7.19. The fourth-order valence-corrected chi connectivity index (χ4v) is 5.48. The van der Waals surface area contributed by atoms with Crippen LogP contribution < -0.4 is 5.73 Å². The van der Waals surface area contributed by atoms with Gasteiger partial charge in [-0.3, -0.25) is 0 Å². The molecule has 0 amide bonds. The molecule has 27 heavy (non-hydrogen) atoms. The number of fused-ring (bicyclic) bond motifs is 2. The van der Waals surface area contributed by atoms with Gasteiger partial charge in [-0.15, -0.1) is 0 Å². The lowest BCUT2D eigenvalue weighted by Gasteiger charge is -2.33. The number of hydrogen-bond donors (Lipinski definition) is 1. The van der Waals surface area contributed by atoms with E-state index in [4.69, 9.17) is 38.2 Å². The second-order valence-electron chi connectivity index (χ2n) is 8.32. The van der Waals surface area contributed by atoms with Crippen molar-refractivity contribution >= 4 is 23.2 Å². The summed E-state index contributed by atoms with van der Waals surface area (Å²) in [6.07, 6.45) is 7.15. The molecule has 3 aliphatic carbocycles. The minimum Gasteiger partial charge on any atom is -0.373 e. The number of ether oxygens (including phenoxy) is 1. The first-order valence-corrected chi connectivity index (χ1v) is 10.7. The molecule has 0 radical (unpaired) electrons.